The molecule has 128 valence electrons. The van der Waals surface area contributed by atoms with Gasteiger partial charge in [-0.25, -0.2) is 4.79 Å². The van der Waals surface area contributed by atoms with E-state index in [1.807, 2.05) is 49.4 Å². The molecule has 0 amide bonds. The van der Waals surface area contributed by atoms with Crippen LogP contribution in [0.5, 0.6) is 5.75 Å². The topological polar surface area (TPSA) is 48.7 Å². The quantitative estimate of drug-likeness (QED) is 0.637. The molecule has 0 radical (unpaired) electrons. The molecule has 5 heteroatoms. The summed E-state index contributed by atoms with van der Waals surface area (Å²) in [6.45, 7) is 2.46. The highest BCUT2D eigenvalue weighted by atomic mass is 35.5. The van der Waals surface area contributed by atoms with Crippen molar-refractivity contribution in [2.24, 2.45) is 0 Å². The van der Waals surface area contributed by atoms with Gasteiger partial charge in [0.15, 0.2) is 0 Å². The van der Waals surface area contributed by atoms with Gasteiger partial charge in [0.05, 0.1) is 10.9 Å². The first-order chi connectivity index (χ1) is 12.2. The van der Waals surface area contributed by atoms with E-state index in [1.54, 1.807) is 6.07 Å². The molecule has 3 aromatic rings. The van der Waals surface area contributed by atoms with Crippen LogP contribution in [-0.4, -0.2) is 12.9 Å². The lowest BCUT2D eigenvalue weighted by atomic mass is 9.86. The van der Waals surface area contributed by atoms with E-state index in [0.29, 0.717) is 34.9 Å². The Balaban J connectivity index is 1.93. The summed E-state index contributed by atoms with van der Waals surface area (Å²) in [5.74, 6) is 0.384. The minimum Gasteiger partial charge on any atom is -0.464 e. The average molecular weight is 357 g/mol. The summed E-state index contributed by atoms with van der Waals surface area (Å²) in [5, 5.41) is 1.43. The van der Waals surface area contributed by atoms with Crippen LogP contribution in [-0.2, 0) is 4.74 Å². The Hall–Kier alpha value is -2.30. The first kappa shape index (κ1) is 16.2. The molecule has 2 aromatic carbocycles. The Morgan fingerprint density at radius 2 is 1.92 bits per heavy atom. The predicted octanol–water partition coefficient (Wildman–Crippen LogP) is 4.72. The van der Waals surface area contributed by atoms with Crippen LogP contribution in [0.1, 0.15) is 30.4 Å². The molecule has 1 aromatic heterocycles. The number of ether oxygens (including phenoxy) is 2. The standard InChI is InChI=1S/C20H17ClO4/c1-2-23-17-11-15(12-7-9-13(21)10-8-12)18-19(25-17)14-5-3-4-6-16(14)24-20(18)22/h3-10,15,17H,2,11H2,1H3/t15-,17-/m0/s1. The second-order valence-corrected chi connectivity index (χ2v) is 6.41. The zero-order chi connectivity index (χ0) is 17.4. The average Bonchev–Trinajstić information content (AvgIpc) is 2.62. The largest absolute Gasteiger partial charge is 0.464 e. The summed E-state index contributed by atoms with van der Waals surface area (Å²) in [6, 6.07) is 14.9. The van der Waals surface area contributed by atoms with E-state index in [4.69, 9.17) is 25.5 Å². The maximum absolute atomic E-state index is 12.7. The third kappa shape index (κ3) is 2.92. The Morgan fingerprint density at radius 3 is 2.68 bits per heavy atom. The van der Waals surface area contributed by atoms with E-state index in [9.17, 15) is 4.79 Å². The Bertz CT molecular complexity index is 962. The molecule has 0 N–H and O–H groups in total. The van der Waals surface area contributed by atoms with E-state index in [0.717, 1.165) is 10.9 Å². The maximum Gasteiger partial charge on any atom is 0.343 e. The second-order valence-electron chi connectivity index (χ2n) is 5.97. The number of hydrogen-bond donors (Lipinski definition) is 0. The third-order valence-electron chi connectivity index (χ3n) is 4.45. The molecule has 1 aliphatic heterocycles. The molecule has 1 aliphatic rings. The van der Waals surface area contributed by atoms with Gasteiger partial charge in [0.2, 0.25) is 6.29 Å². The molecule has 25 heavy (non-hydrogen) atoms. The number of halogens is 1. The van der Waals surface area contributed by atoms with Crippen molar-refractivity contribution in [1.29, 1.82) is 0 Å². The summed E-state index contributed by atoms with van der Waals surface area (Å²) < 4.78 is 17.3. The monoisotopic (exact) mass is 356 g/mol. The molecule has 4 nitrogen and oxygen atoms in total. The van der Waals surface area contributed by atoms with Gasteiger partial charge in [0.1, 0.15) is 11.3 Å². The van der Waals surface area contributed by atoms with Crippen LogP contribution >= 0.6 is 11.6 Å². The molecule has 0 aliphatic carbocycles. The van der Waals surface area contributed by atoms with Gasteiger partial charge in [-0.05, 0) is 36.8 Å². The highest BCUT2D eigenvalue weighted by Crippen LogP contribution is 2.42. The van der Waals surface area contributed by atoms with Gasteiger partial charge < -0.3 is 13.9 Å². The van der Waals surface area contributed by atoms with Gasteiger partial charge in [0.25, 0.3) is 0 Å². The van der Waals surface area contributed by atoms with Crippen molar-refractivity contribution < 1.29 is 13.9 Å². The first-order valence-corrected chi connectivity index (χ1v) is 8.64. The van der Waals surface area contributed by atoms with Crippen molar-refractivity contribution in [3.05, 3.63) is 75.1 Å². The molecular weight excluding hydrogens is 340 g/mol. The van der Waals surface area contributed by atoms with Crippen LogP contribution in [0.15, 0.2) is 57.7 Å². The second kappa shape index (κ2) is 6.54. The van der Waals surface area contributed by atoms with Crippen molar-refractivity contribution in [3.8, 4) is 5.75 Å². The fraction of sp³-hybridized carbons (Fsp3) is 0.250. The Morgan fingerprint density at radius 1 is 1.16 bits per heavy atom. The minimum atomic E-state index is -0.414. The van der Waals surface area contributed by atoms with Crippen molar-refractivity contribution in [1.82, 2.24) is 0 Å². The summed E-state index contributed by atoms with van der Waals surface area (Å²) in [6.07, 6.45) is 0.134. The summed E-state index contributed by atoms with van der Waals surface area (Å²) >= 11 is 6.01. The van der Waals surface area contributed by atoms with Crippen LogP contribution in [0.3, 0.4) is 0 Å². The van der Waals surface area contributed by atoms with Crippen molar-refractivity contribution >= 4 is 22.6 Å². The highest BCUT2D eigenvalue weighted by Gasteiger charge is 2.34. The lowest BCUT2D eigenvalue weighted by Gasteiger charge is -2.31. The Labute approximate surface area is 149 Å². The van der Waals surface area contributed by atoms with Crippen molar-refractivity contribution in [3.63, 3.8) is 0 Å². The molecule has 2 atom stereocenters. The number of fused-ring (bicyclic) bond motifs is 3. The minimum absolute atomic E-state index is 0.168. The molecule has 0 bridgehead atoms. The van der Waals surface area contributed by atoms with E-state index in [1.165, 1.54) is 0 Å². The molecule has 0 saturated heterocycles. The third-order valence-corrected chi connectivity index (χ3v) is 4.70. The lowest BCUT2D eigenvalue weighted by molar-refractivity contribution is -0.0889. The van der Waals surface area contributed by atoms with Gasteiger partial charge in [-0.3, -0.25) is 0 Å². The van der Waals surface area contributed by atoms with Crippen LogP contribution in [0.25, 0.3) is 11.0 Å². The predicted molar refractivity (Wildman–Crippen MR) is 96.4 cm³/mol. The lowest BCUT2D eigenvalue weighted by Crippen LogP contribution is -2.32. The molecule has 4 rings (SSSR count). The molecule has 0 spiro atoms. The normalized spacial score (nSPS) is 19.4. The van der Waals surface area contributed by atoms with E-state index < -0.39 is 6.29 Å². The molecular formula is C20H17ClO4. The van der Waals surface area contributed by atoms with Crippen LogP contribution in [0.2, 0.25) is 5.02 Å². The SMILES string of the molecule is CCO[C@@H]1C[C@@H](c2ccc(Cl)cc2)c2c(c3ccccc3oc2=O)O1. The van der Waals surface area contributed by atoms with Gasteiger partial charge >= 0.3 is 5.63 Å². The summed E-state index contributed by atoms with van der Waals surface area (Å²) in [4.78, 5) is 12.7. The summed E-state index contributed by atoms with van der Waals surface area (Å²) in [5.41, 5.74) is 1.67. The zero-order valence-electron chi connectivity index (χ0n) is 13.7. The molecule has 0 saturated carbocycles. The Kier molecular flexibility index (Phi) is 4.24. The number of rotatable bonds is 3. The number of benzene rings is 2. The van der Waals surface area contributed by atoms with E-state index >= 15 is 0 Å². The van der Waals surface area contributed by atoms with E-state index in [-0.39, 0.29) is 11.5 Å². The molecule has 0 unspecified atom stereocenters. The van der Waals surface area contributed by atoms with Gasteiger partial charge in [0, 0.05) is 24.0 Å². The molecule has 2 heterocycles. The summed E-state index contributed by atoms with van der Waals surface area (Å²) in [7, 11) is 0. The number of hydrogen-bond acceptors (Lipinski definition) is 4. The zero-order valence-corrected chi connectivity index (χ0v) is 14.5. The van der Waals surface area contributed by atoms with Crippen LogP contribution < -0.4 is 10.4 Å². The number of para-hydroxylation sites is 1. The first-order valence-electron chi connectivity index (χ1n) is 8.27. The molecule has 0 fully saturated rings. The van der Waals surface area contributed by atoms with Gasteiger partial charge in [-0.1, -0.05) is 35.9 Å². The van der Waals surface area contributed by atoms with E-state index in [2.05, 4.69) is 0 Å². The fourth-order valence-electron chi connectivity index (χ4n) is 3.34. The smallest absolute Gasteiger partial charge is 0.343 e. The maximum atomic E-state index is 12.7. The van der Waals surface area contributed by atoms with Crippen molar-refractivity contribution in [2.45, 2.75) is 25.6 Å². The van der Waals surface area contributed by atoms with Gasteiger partial charge in [-0.2, -0.15) is 0 Å². The highest BCUT2D eigenvalue weighted by molar-refractivity contribution is 6.30. The van der Waals surface area contributed by atoms with Crippen molar-refractivity contribution in [2.75, 3.05) is 6.61 Å². The van der Waals surface area contributed by atoms with Crippen LogP contribution in [0.4, 0.5) is 0 Å². The fourth-order valence-corrected chi connectivity index (χ4v) is 3.46. The van der Waals surface area contributed by atoms with Gasteiger partial charge in [-0.15, -0.1) is 0 Å². The van der Waals surface area contributed by atoms with Crippen LogP contribution in [0, 0.1) is 0 Å².